The predicted molar refractivity (Wildman–Crippen MR) is 102 cm³/mol. The highest BCUT2D eigenvalue weighted by atomic mass is 16.4. The number of aliphatic carboxylic acids is 2. The normalized spacial score (nSPS) is 13.2. The zero-order valence-electron chi connectivity index (χ0n) is 16.5. The number of hydrogen-bond donors (Lipinski definition) is 8. The van der Waals surface area contributed by atoms with Crippen LogP contribution in [-0.4, -0.2) is 76.4 Å². The van der Waals surface area contributed by atoms with Gasteiger partial charge in [-0.1, -0.05) is 0 Å². The molecule has 0 saturated carbocycles. The van der Waals surface area contributed by atoms with Crippen LogP contribution >= 0.6 is 0 Å². The highest BCUT2D eigenvalue weighted by Crippen LogP contribution is 2.01. The fourth-order valence-corrected chi connectivity index (χ4v) is 2.18. The molecule has 31 heavy (non-hydrogen) atoms. The van der Waals surface area contributed by atoms with E-state index in [0.717, 1.165) is 0 Å². The second-order valence-corrected chi connectivity index (χ2v) is 6.45. The Labute approximate surface area is 176 Å². The minimum Gasteiger partial charge on any atom is -0.481 e. The number of rotatable bonds is 15. The average Bonchev–Trinajstić information content (AvgIpc) is 2.65. The van der Waals surface area contributed by atoms with Gasteiger partial charge in [0.1, 0.15) is 12.1 Å². The fourth-order valence-electron chi connectivity index (χ4n) is 2.18. The van der Waals surface area contributed by atoms with Crippen molar-refractivity contribution in [3.8, 4) is 0 Å². The molecular formula is C16H26N6O9. The van der Waals surface area contributed by atoms with Crippen LogP contribution in [0, 0.1) is 0 Å². The van der Waals surface area contributed by atoms with Gasteiger partial charge >= 0.3 is 11.9 Å². The number of nitrogens with one attached hydrogen (secondary N) is 3. The van der Waals surface area contributed by atoms with Crippen LogP contribution in [0.3, 0.4) is 0 Å². The number of amides is 5. The van der Waals surface area contributed by atoms with Crippen LogP contribution in [0.1, 0.15) is 32.1 Å². The molecule has 15 nitrogen and oxygen atoms in total. The topological polar surface area (TPSA) is 274 Å². The van der Waals surface area contributed by atoms with Crippen LogP contribution < -0.4 is 33.2 Å². The van der Waals surface area contributed by atoms with E-state index in [4.69, 9.17) is 27.4 Å². The number of nitrogens with two attached hydrogens (primary N) is 3. The van der Waals surface area contributed by atoms with Gasteiger partial charge in [0.15, 0.2) is 0 Å². The van der Waals surface area contributed by atoms with Crippen molar-refractivity contribution in [2.75, 3.05) is 6.54 Å². The van der Waals surface area contributed by atoms with Crippen molar-refractivity contribution in [2.45, 2.75) is 50.2 Å². The maximum Gasteiger partial charge on any atom is 0.326 e. The van der Waals surface area contributed by atoms with Crippen LogP contribution in [0.15, 0.2) is 0 Å². The third-order valence-corrected chi connectivity index (χ3v) is 3.79. The lowest BCUT2D eigenvalue weighted by Gasteiger charge is -2.21. The molecule has 0 aliphatic rings. The number of carboxylic acids is 2. The summed E-state index contributed by atoms with van der Waals surface area (Å²) < 4.78 is 0. The first-order chi connectivity index (χ1) is 14.3. The van der Waals surface area contributed by atoms with Crippen molar-refractivity contribution in [3.63, 3.8) is 0 Å². The summed E-state index contributed by atoms with van der Waals surface area (Å²) in [6.45, 7) is -0.624. The Kier molecular flexibility index (Phi) is 11.8. The van der Waals surface area contributed by atoms with Crippen LogP contribution in [0.2, 0.25) is 0 Å². The molecule has 174 valence electrons. The summed E-state index contributed by atoms with van der Waals surface area (Å²) in [6, 6.07) is -4.32. The first-order valence-electron chi connectivity index (χ1n) is 8.97. The van der Waals surface area contributed by atoms with E-state index in [1.54, 1.807) is 0 Å². The number of carboxylic acid groups (broad SMARTS) is 2. The summed E-state index contributed by atoms with van der Waals surface area (Å²) in [5.41, 5.74) is 15.5. The maximum atomic E-state index is 12.3. The molecule has 3 atom stereocenters. The molecule has 3 unspecified atom stereocenters. The molecule has 0 aromatic heterocycles. The van der Waals surface area contributed by atoms with Crippen molar-refractivity contribution in [3.05, 3.63) is 0 Å². The van der Waals surface area contributed by atoms with Gasteiger partial charge in [-0.2, -0.15) is 0 Å². The van der Waals surface area contributed by atoms with Gasteiger partial charge in [-0.15, -0.1) is 0 Å². The molecule has 11 N–H and O–H groups in total. The first-order valence-corrected chi connectivity index (χ1v) is 8.97. The molecule has 0 aliphatic heterocycles. The molecule has 15 heteroatoms. The van der Waals surface area contributed by atoms with Crippen LogP contribution in [-0.2, 0) is 33.6 Å². The summed E-state index contributed by atoms with van der Waals surface area (Å²) in [5, 5.41) is 24.0. The third kappa shape index (κ3) is 12.4. The largest absolute Gasteiger partial charge is 0.481 e. The molecule has 0 radical (unpaired) electrons. The molecule has 5 amide bonds. The lowest BCUT2D eigenvalue weighted by atomic mass is 10.1. The van der Waals surface area contributed by atoms with Gasteiger partial charge in [0.05, 0.1) is 19.0 Å². The molecule has 0 fully saturated rings. The van der Waals surface area contributed by atoms with Crippen molar-refractivity contribution in [1.82, 2.24) is 16.0 Å². The predicted octanol–water partition coefficient (Wildman–Crippen LogP) is -4.51. The smallest absolute Gasteiger partial charge is 0.326 e. The number of hydrogen-bond acceptors (Lipinski definition) is 8. The number of carbonyl (C=O) groups is 7. The quantitative estimate of drug-likeness (QED) is 0.119. The zero-order chi connectivity index (χ0) is 24.1. The average molecular weight is 446 g/mol. The van der Waals surface area contributed by atoms with Gasteiger partial charge < -0.3 is 43.4 Å². The van der Waals surface area contributed by atoms with Crippen molar-refractivity contribution in [2.24, 2.45) is 17.2 Å². The van der Waals surface area contributed by atoms with Gasteiger partial charge in [-0.05, 0) is 12.8 Å². The molecule has 0 saturated heterocycles. The van der Waals surface area contributed by atoms with Crippen LogP contribution in [0.4, 0.5) is 0 Å². The van der Waals surface area contributed by atoms with Crippen LogP contribution in [0.25, 0.3) is 0 Å². The molecule has 0 aromatic rings. The van der Waals surface area contributed by atoms with E-state index < -0.39 is 72.6 Å². The molecule has 0 aromatic carbocycles. The van der Waals surface area contributed by atoms with Gasteiger partial charge in [0, 0.05) is 12.8 Å². The minimum atomic E-state index is -1.78. The Morgan fingerprint density at radius 1 is 0.774 bits per heavy atom. The van der Waals surface area contributed by atoms with E-state index in [-0.39, 0.29) is 25.7 Å². The highest BCUT2D eigenvalue weighted by molar-refractivity contribution is 5.93. The van der Waals surface area contributed by atoms with Crippen LogP contribution in [0.5, 0.6) is 0 Å². The van der Waals surface area contributed by atoms with Gasteiger partial charge in [0.25, 0.3) is 0 Å². The molecular weight excluding hydrogens is 420 g/mol. The number of carbonyl (C=O) groups excluding carboxylic acids is 5. The standard InChI is InChI=1S/C16H26N6O9/c17-7(1-3-10(18)23)14(28)20-6-12(25)21-8(2-4-11(19)24)15(29)22-9(16(30)31)5-13(26)27/h7-9H,1-6,17H2,(H2,18,23)(H2,19,24)(H,20,28)(H,21,25)(H,22,29)(H,26,27)(H,30,31). The zero-order valence-corrected chi connectivity index (χ0v) is 16.5. The summed E-state index contributed by atoms with van der Waals surface area (Å²) in [5.74, 6) is -7.28. The lowest BCUT2D eigenvalue weighted by molar-refractivity contribution is -0.147. The van der Waals surface area contributed by atoms with Crippen molar-refractivity contribution in [1.29, 1.82) is 0 Å². The fraction of sp³-hybridized carbons (Fsp3) is 0.562. The van der Waals surface area contributed by atoms with E-state index in [9.17, 15) is 33.6 Å². The van der Waals surface area contributed by atoms with E-state index in [0.29, 0.717) is 0 Å². The molecule has 0 aliphatic carbocycles. The second kappa shape index (κ2) is 13.5. The summed E-state index contributed by atoms with van der Waals surface area (Å²) in [4.78, 5) is 79.6. The molecule has 0 spiro atoms. The SMILES string of the molecule is NC(=O)CCC(N)C(=O)NCC(=O)NC(CCC(N)=O)C(=O)NC(CC(=O)O)C(=O)O. The Morgan fingerprint density at radius 3 is 1.81 bits per heavy atom. The molecule has 0 bridgehead atoms. The lowest BCUT2D eigenvalue weighted by Crippen LogP contribution is -2.54. The Balaban J connectivity index is 4.95. The third-order valence-electron chi connectivity index (χ3n) is 3.79. The molecule has 0 heterocycles. The number of primary amides is 2. The van der Waals surface area contributed by atoms with Gasteiger partial charge in [-0.3, -0.25) is 28.8 Å². The Hall–Kier alpha value is -3.75. The Morgan fingerprint density at radius 2 is 1.32 bits per heavy atom. The van der Waals surface area contributed by atoms with E-state index in [1.807, 2.05) is 5.32 Å². The van der Waals surface area contributed by atoms with Gasteiger partial charge in [-0.25, -0.2) is 4.79 Å². The second-order valence-electron chi connectivity index (χ2n) is 6.45. The summed E-state index contributed by atoms with van der Waals surface area (Å²) >= 11 is 0. The summed E-state index contributed by atoms with van der Waals surface area (Å²) in [6.07, 6.45) is -1.77. The maximum absolute atomic E-state index is 12.3. The van der Waals surface area contributed by atoms with E-state index >= 15 is 0 Å². The summed E-state index contributed by atoms with van der Waals surface area (Å²) in [7, 11) is 0. The van der Waals surface area contributed by atoms with Crippen molar-refractivity contribution >= 4 is 41.5 Å². The van der Waals surface area contributed by atoms with E-state index in [1.165, 1.54) is 0 Å². The molecule has 0 rings (SSSR count). The van der Waals surface area contributed by atoms with Crippen molar-refractivity contribution < 1.29 is 43.8 Å². The highest BCUT2D eigenvalue weighted by Gasteiger charge is 2.28. The van der Waals surface area contributed by atoms with E-state index in [2.05, 4.69) is 10.6 Å². The first kappa shape index (κ1) is 27.2. The minimum absolute atomic E-state index is 0.0490. The van der Waals surface area contributed by atoms with Gasteiger partial charge in [0.2, 0.25) is 29.5 Å². The Bertz CT molecular complexity index is 726. The monoisotopic (exact) mass is 446 g/mol.